The van der Waals surface area contributed by atoms with Gasteiger partial charge < -0.3 is 4.74 Å². The fourth-order valence-electron chi connectivity index (χ4n) is 3.45. The van der Waals surface area contributed by atoms with Crippen molar-refractivity contribution in [3.05, 3.63) is 83.9 Å². The van der Waals surface area contributed by atoms with Crippen LogP contribution in [-0.4, -0.2) is 32.0 Å². The van der Waals surface area contributed by atoms with Crippen molar-refractivity contribution in [2.75, 3.05) is 12.5 Å². The molecule has 0 aliphatic carbocycles. The molecule has 2 aromatic carbocycles. The van der Waals surface area contributed by atoms with Crippen molar-refractivity contribution >= 4 is 50.9 Å². The van der Waals surface area contributed by atoms with Gasteiger partial charge in [0.05, 0.1) is 19.9 Å². The van der Waals surface area contributed by atoms with E-state index < -0.39 is 11.2 Å². The number of hydrogen-bond donors (Lipinski definition) is 1. The maximum absolute atomic E-state index is 13.0. The summed E-state index contributed by atoms with van der Waals surface area (Å²) in [6.07, 6.45) is 1.58. The van der Waals surface area contributed by atoms with Crippen LogP contribution >= 0.6 is 27.5 Å². The summed E-state index contributed by atoms with van der Waals surface area (Å²) < 4.78 is 10.3. The number of imidazole rings is 1. The van der Waals surface area contributed by atoms with Crippen LogP contribution < -0.4 is 21.4 Å². The molecule has 4 aromatic rings. The molecule has 9 nitrogen and oxygen atoms in total. The van der Waals surface area contributed by atoms with E-state index in [1.54, 1.807) is 31.0 Å². The first-order chi connectivity index (χ1) is 15.8. The van der Waals surface area contributed by atoms with Crippen molar-refractivity contribution in [2.45, 2.75) is 6.54 Å². The zero-order valence-corrected chi connectivity index (χ0v) is 20.4. The molecule has 0 radical (unpaired) electrons. The van der Waals surface area contributed by atoms with Crippen molar-refractivity contribution in [1.29, 1.82) is 0 Å². The lowest BCUT2D eigenvalue weighted by Crippen LogP contribution is -2.37. The van der Waals surface area contributed by atoms with Gasteiger partial charge in [0, 0.05) is 29.2 Å². The molecule has 11 heteroatoms. The van der Waals surface area contributed by atoms with Crippen LogP contribution in [-0.2, 0) is 20.6 Å². The van der Waals surface area contributed by atoms with Gasteiger partial charge in [-0.3, -0.25) is 18.5 Å². The van der Waals surface area contributed by atoms with Crippen molar-refractivity contribution in [1.82, 2.24) is 18.7 Å². The summed E-state index contributed by atoms with van der Waals surface area (Å²) in [4.78, 5) is 29.9. The second-order valence-corrected chi connectivity index (χ2v) is 8.57. The van der Waals surface area contributed by atoms with Crippen LogP contribution in [0.5, 0.6) is 5.75 Å². The normalized spacial score (nSPS) is 11.4. The van der Waals surface area contributed by atoms with E-state index in [4.69, 9.17) is 16.3 Å². The van der Waals surface area contributed by atoms with Crippen LogP contribution in [0.3, 0.4) is 0 Å². The Bertz CT molecular complexity index is 1500. The quantitative estimate of drug-likeness (QED) is 0.304. The zero-order chi connectivity index (χ0) is 23.7. The fraction of sp³-hybridized carbons (Fsp3) is 0.182. The molecular formula is C22H20BrClN6O3. The lowest BCUT2D eigenvalue weighted by Gasteiger charge is -2.10. The Hall–Kier alpha value is -3.37. The standard InChI is InChI=1S/C22H20BrClN6O3/c1-28-19-18(20(31)29(2)22(28)32)30(12-13-6-4-5-7-16(13)24)21(26-19)27-25-11-14-10-15(23)8-9-17(14)33-3/h4-11H,12H2,1-3H3,(H,26,27)/b25-11-. The van der Waals surface area contributed by atoms with E-state index >= 15 is 0 Å². The SMILES string of the molecule is COc1ccc(Br)cc1/C=N\Nc1nc2c(c(=O)n(C)c(=O)n2C)n1Cc1ccccc1Cl. The van der Waals surface area contributed by atoms with Gasteiger partial charge in [-0.2, -0.15) is 10.1 Å². The van der Waals surface area contributed by atoms with E-state index in [2.05, 4.69) is 31.4 Å². The smallest absolute Gasteiger partial charge is 0.332 e. The minimum Gasteiger partial charge on any atom is -0.496 e. The highest BCUT2D eigenvalue weighted by Gasteiger charge is 2.20. The van der Waals surface area contributed by atoms with Gasteiger partial charge in [-0.15, -0.1) is 0 Å². The Kier molecular flexibility index (Phi) is 6.39. The topological polar surface area (TPSA) is 95.4 Å². The summed E-state index contributed by atoms with van der Waals surface area (Å²) in [5.74, 6) is 0.929. The van der Waals surface area contributed by atoms with E-state index in [0.717, 1.165) is 20.2 Å². The molecule has 0 spiro atoms. The van der Waals surface area contributed by atoms with Gasteiger partial charge in [0.1, 0.15) is 5.75 Å². The molecule has 0 saturated heterocycles. The van der Waals surface area contributed by atoms with Gasteiger partial charge in [0.15, 0.2) is 11.2 Å². The molecule has 0 unspecified atom stereocenters. The maximum Gasteiger partial charge on any atom is 0.332 e. The molecule has 0 aliphatic rings. The Balaban J connectivity index is 1.84. The third-order valence-electron chi connectivity index (χ3n) is 5.19. The van der Waals surface area contributed by atoms with Crippen LogP contribution in [0.1, 0.15) is 11.1 Å². The monoisotopic (exact) mass is 530 g/mol. The van der Waals surface area contributed by atoms with Crippen LogP contribution in [0.15, 0.2) is 61.6 Å². The van der Waals surface area contributed by atoms with Gasteiger partial charge in [-0.1, -0.05) is 45.7 Å². The third kappa shape index (κ3) is 4.31. The predicted octanol–water partition coefficient (Wildman–Crippen LogP) is 3.35. The van der Waals surface area contributed by atoms with E-state index in [9.17, 15) is 9.59 Å². The summed E-state index contributed by atoms with van der Waals surface area (Å²) in [5, 5.41) is 4.85. The number of benzene rings is 2. The summed E-state index contributed by atoms with van der Waals surface area (Å²) >= 11 is 9.80. The van der Waals surface area contributed by atoms with Crippen molar-refractivity contribution in [3.8, 4) is 5.75 Å². The number of methoxy groups -OCH3 is 1. The number of ether oxygens (including phenoxy) is 1. The number of aromatic nitrogens is 4. The summed E-state index contributed by atoms with van der Waals surface area (Å²) in [5.41, 5.74) is 4.00. The van der Waals surface area contributed by atoms with Gasteiger partial charge >= 0.3 is 5.69 Å². The number of nitrogens with zero attached hydrogens (tertiary/aromatic N) is 5. The molecule has 170 valence electrons. The average Bonchev–Trinajstić information content (AvgIpc) is 3.16. The van der Waals surface area contributed by atoms with Crippen LogP contribution in [0.2, 0.25) is 5.02 Å². The summed E-state index contributed by atoms with van der Waals surface area (Å²) in [6.45, 7) is 0.252. The van der Waals surface area contributed by atoms with Gasteiger partial charge in [0.25, 0.3) is 5.56 Å². The van der Waals surface area contributed by atoms with E-state index in [1.165, 1.54) is 11.6 Å². The fourth-order valence-corrected chi connectivity index (χ4v) is 4.02. The van der Waals surface area contributed by atoms with Crippen LogP contribution in [0.25, 0.3) is 11.2 Å². The van der Waals surface area contributed by atoms with Crippen molar-refractivity contribution in [3.63, 3.8) is 0 Å². The van der Waals surface area contributed by atoms with Gasteiger partial charge in [-0.25, -0.2) is 10.2 Å². The highest BCUT2D eigenvalue weighted by atomic mass is 79.9. The third-order valence-corrected chi connectivity index (χ3v) is 6.06. The molecule has 2 heterocycles. The Morgan fingerprint density at radius 2 is 1.94 bits per heavy atom. The number of hydrogen-bond acceptors (Lipinski definition) is 6. The molecule has 1 N–H and O–H groups in total. The van der Waals surface area contributed by atoms with Gasteiger partial charge in [0.2, 0.25) is 5.95 Å². The molecule has 0 atom stereocenters. The minimum absolute atomic E-state index is 0.243. The number of anilines is 1. The first kappa shape index (κ1) is 22.8. The first-order valence-corrected chi connectivity index (χ1v) is 11.0. The number of halogens is 2. The number of rotatable bonds is 6. The average molecular weight is 532 g/mol. The molecule has 4 rings (SSSR count). The van der Waals surface area contributed by atoms with Crippen LogP contribution in [0, 0.1) is 0 Å². The van der Waals surface area contributed by atoms with Crippen LogP contribution in [0.4, 0.5) is 5.95 Å². The molecular weight excluding hydrogens is 512 g/mol. The first-order valence-electron chi connectivity index (χ1n) is 9.84. The number of hydrazone groups is 1. The Morgan fingerprint density at radius 3 is 2.67 bits per heavy atom. The number of nitrogens with one attached hydrogen (secondary N) is 1. The molecule has 0 bridgehead atoms. The molecule has 0 fully saturated rings. The lowest BCUT2D eigenvalue weighted by molar-refractivity contribution is 0.414. The number of fused-ring (bicyclic) bond motifs is 1. The maximum atomic E-state index is 13.0. The highest BCUT2D eigenvalue weighted by Crippen LogP contribution is 2.23. The zero-order valence-electron chi connectivity index (χ0n) is 18.0. The Labute approximate surface area is 202 Å². The van der Waals surface area contributed by atoms with E-state index in [0.29, 0.717) is 10.8 Å². The molecule has 33 heavy (non-hydrogen) atoms. The van der Waals surface area contributed by atoms with Gasteiger partial charge in [-0.05, 0) is 29.8 Å². The molecule has 2 aromatic heterocycles. The van der Waals surface area contributed by atoms with E-state index in [-0.39, 0.29) is 23.7 Å². The predicted molar refractivity (Wildman–Crippen MR) is 133 cm³/mol. The summed E-state index contributed by atoms with van der Waals surface area (Å²) in [7, 11) is 4.57. The lowest BCUT2D eigenvalue weighted by atomic mass is 10.2. The summed E-state index contributed by atoms with van der Waals surface area (Å²) in [6, 6.07) is 12.9. The molecule has 0 aliphatic heterocycles. The second-order valence-electron chi connectivity index (χ2n) is 7.25. The Morgan fingerprint density at radius 1 is 1.18 bits per heavy atom. The molecule has 0 saturated carbocycles. The molecule has 0 amide bonds. The van der Waals surface area contributed by atoms with Crippen molar-refractivity contribution in [2.24, 2.45) is 19.2 Å². The second kappa shape index (κ2) is 9.24. The highest BCUT2D eigenvalue weighted by molar-refractivity contribution is 9.10. The largest absolute Gasteiger partial charge is 0.496 e. The van der Waals surface area contributed by atoms with E-state index in [1.807, 2.05) is 36.4 Å². The number of aryl methyl sites for hydroxylation is 1. The van der Waals surface area contributed by atoms with Crippen molar-refractivity contribution < 1.29 is 4.74 Å². The minimum atomic E-state index is -0.469.